The van der Waals surface area contributed by atoms with E-state index in [0.29, 0.717) is 6.04 Å². The number of nitrogens with one attached hydrogen (secondary N) is 1. The predicted molar refractivity (Wildman–Crippen MR) is 65.5 cm³/mol. The van der Waals surface area contributed by atoms with Crippen LogP contribution in [0.3, 0.4) is 0 Å². The van der Waals surface area contributed by atoms with Gasteiger partial charge in [0.1, 0.15) is 0 Å². The lowest BCUT2D eigenvalue weighted by molar-refractivity contribution is 0.111. The van der Waals surface area contributed by atoms with Crippen LogP contribution in [0.4, 0.5) is 0 Å². The Balaban J connectivity index is 2.26. The second-order valence-corrected chi connectivity index (χ2v) is 4.05. The Hall–Kier alpha value is -0.870. The Bertz CT molecular complexity index is 286. The first-order valence-corrected chi connectivity index (χ1v) is 5.99. The van der Waals surface area contributed by atoms with Gasteiger partial charge in [-0.3, -0.25) is 4.68 Å². The van der Waals surface area contributed by atoms with E-state index < -0.39 is 0 Å². The van der Waals surface area contributed by atoms with Crippen molar-refractivity contribution in [3.63, 3.8) is 0 Å². The normalized spacial score (nSPS) is 12.9. The maximum Gasteiger partial charge on any atom is 0.0619 e. The van der Waals surface area contributed by atoms with E-state index in [0.717, 1.165) is 32.5 Å². The Labute approximate surface area is 98.0 Å². The van der Waals surface area contributed by atoms with E-state index in [9.17, 15) is 0 Å². The SMILES string of the molecule is CCCOCC(CCc1ccnn1C)NC. The Kier molecular flexibility index (Phi) is 6.11. The molecule has 4 heteroatoms. The summed E-state index contributed by atoms with van der Waals surface area (Å²) < 4.78 is 7.48. The fourth-order valence-corrected chi connectivity index (χ4v) is 1.65. The van der Waals surface area contributed by atoms with Gasteiger partial charge in [0.15, 0.2) is 0 Å². The van der Waals surface area contributed by atoms with Gasteiger partial charge in [0, 0.05) is 31.6 Å². The number of aromatic nitrogens is 2. The third-order valence-corrected chi connectivity index (χ3v) is 2.75. The minimum atomic E-state index is 0.432. The minimum Gasteiger partial charge on any atom is -0.380 e. The minimum absolute atomic E-state index is 0.432. The predicted octanol–water partition coefficient (Wildman–Crippen LogP) is 1.37. The van der Waals surface area contributed by atoms with Crippen LogP contribution in [-0.2, 0) is 18.2 Å². The molecule has 0 aliphatic heterocycles. The standard InChI is InChI=1S/C12H23N3O/c1-4-9-16-10-11(13-2)5-6-12-7-8-14-15(12)3/h7-8,11,13H,4-6,9-10H2,1-3H3. The topological polar surface area (TPSA) is 39.1 Å². The van der Waals surface area contributed by atoms with Gasteiger partial charge < -0.3 is 10.1 Å². The fraction of sp³-hybridized carbons (Fsp3) is 0.750. The summed E-state index contributed by atoms with van der Waals surface area (Å²) in [5, 5.41) is 7.45. The number of rotatable bonds is 8. The van der Waals surface area contributed by atoms with E-state index in [1.807, 2.05) is 25.0 Å². The molecule has 0 spiro atoms. The summed E-state index contributed by atoms with van der Waals surface area (Å²) in [4.78, 5) is 0. The third kappa shape index (κ3) is 4.33. The second kappa shape index (κ2) is 7.41. The first kappa shape index (κ1) is 13.2. The zero-order valence-electron chi connectivity index (χ0n) is 10.6. The summed E-state index contributed by atoms with van der Waals surface area (Å²) in [6.07, 6.45) is 5.05. The van der Waals surface area contributed by atoms with Crippen molar-refractivity contribution >= 4 is 0 Å². The lowest BCUT2D eigenvalue weighted by atomic mass is 10.1. The smallest absolute Gasteiger partial charge is 0.0619 e. The molecule has 0 bridgehead atoms. The Morgan fingerprint density at radius 3 is 2.94 bits per heavy atom. The van der Waals surface area contributed by atoms with Crippen molar-refractivity contribution in [2.45, 2.75) is 32.2 Å². The molecule has 1 aromatic rings. The zero-order chi connectivity index (χ0) is 11.8. The van der Waals surface area contributed by atoms with Gasteiger partial charge in [-0.25, -0.2) is 0 Å². The summed E-state index contributed by atoms with van der Waals surface area (Å²) in [7, 11) is 3.97. The summed E-state index contributed by atoms with van der Waals surface area (Å²) >= 11 is 0. The van der Waals surface area contributed by atoms with Gasteiger partial charge in [0.05, 0.1) is 6.61 Å². The van der Waals surface area contributed by atoms with Crippen molar-refractivity contribution in [1.82, 2.24) is 15.1 Å². The quantitative estimate of drug-likeness (QED) is 0.679. The lowest BCUT2D eigenvalue weighted by Gasteiger charge is -2.16. The average Bonchev–Trinajstić information content (AvgIpc) is 2.69. The van der Waals surface area contributed by atoms with E-state index >= 15 is 0 Å². The van der Waals surface area contributed by atoms with Gasteiger partial charge in [0.25, 0.3) is 0 Å². The van der Waals surface area contributed by atoms with Gasteiger partial charge in [-0.05, 0) is 32.4 Å². The van der Waals surface area contributed by atoms with Crippen molar-refractivity contribution in [2.75, 3.05) is 20.3 Å². The molecule has 1 atom stereocenters. The highest BCUT2D eigenvalue weighted by Gasteiger charge is 2.07. The summed E-state index contributed by atoms with van der Waals surface area (Å²) in [6.45, 7) is 3.77. The van der Waals surface area contributed by atoms with E-state index in [2.05, 4.69) is 23.4 Å². The molecule has 1 unspecified atom stereocenters. The van der Waals surface area contributed by atoms with Crippen LogP contribution >= 0.6 is 0 Å². The van der Waals surface area contributed by atoms with E-state index in [1.165, 1.54) is 5.69 Å². The highest BCUT2D eigenvalue weighted by molar-refractivity contribution is 5.00. The summed E-state index contributed by atoms with van der Waals surface area (Å²) in [5.41, 5.74) is 1.27. The Morgan fingerprint density at radius 2 is 2.38 bits per heavy atom. The monoisotopic (exact) mass is 225 g/mol. The summed E-state index contributed by atoms with van der Waals surface area (Å²) in [6, 6.07) is 2.50. The molecule has 1 aromatic heterocycles. The Morgan fingerprint density at radius 1 is 1.56 bits per heavy atom. The summed E-state index contributed by atoms with van der Waals surface area (Å²) in [5.74, 6) is 0. The van der Waals surface area contributed by atoms with Crippen LogP contribution in [0.2, 0.25) is 0 Å². The molecule has 0 saturated carbocycles. The molecular formula is C12H23N3O. The second-order valence-electron chi connectivity index (χ2n) is 4.05. The van der Waals surface area contributed by atoms with Crippen LogP contribution in [0.25, 0.3) is 0 Å². The van der Waals surface area contributed by atoms with Crippen molar-refractivity contribution < 1.29 is 4.74 Å². The van der Waals surface area contributed by atoms with E-state index in [1.54, 1.807) is 0 Å². The number of likely N-dealkylation sites (N-methyl/N-ethyl adjacent to an activating group) is 1. The van der Waals surface area contributed by atoms with Crippen molar-refractivity contribution in [3.05, 3.63) is 18.0 Å². The number of ether oxygens (including phenoxy) is 1. The first-order valence-electron chi connectivity index (χ1n) is 5.99. The molecule has 0 radical (unpaired) electrons. The van der Waals surface area contributed by atoms with Gasteiger partial charge in [0.2, 0.25) is 0 Å². The molecule has 0 aromatic carbocycles. The molecule has 16 heavy (non-hydrogen) atoms. The van der Waals surface area contributed by atoms with Crippen LogP contribution < -0.4 is 5.32 Å². The van der Waals surface area contributed by atoms with Crippen molar-refractivity contribution in [2.24, 2.45) is 7.05 Å². The van der Waals surface area contributed by atoms with Crippen LogP contribution in [-0.4, -0.2) is 36.1 Å². The maximum absolute atomic E-state index is 5.55. The lowest BCUT2D eigenvalue weighted by Crippen LogP contribution is -2.31. The van der Waals surface area contributed by atoms with Crippen LogP contribution in [0.15, 0.2) is 12.3 Å². The van der Waals surface area contributed by atoms with Crippen molar-refractivity contribution in [3.8, 4) is 0 Å². The molecule has 0 aliphatic rings. The van der Waals surface area contributed by atoms with Gasteiger partial charge in [-0.2, -0.15) is 5.10 Å². The highest BCUT2D eigenvalue weighted by atomic mass is 16.5. The number of nitrogens with zero attached hydrogens (tertiary/aromatic N) is 2. The van der Waals surface area contributed by atoms with Gasteiger partial charge >= 0.3 is 0 Å². The molecule has 92 valence electrons. The van der Waals surface area contributed by atoms with Crippen LogP contribution in [0.1, 0.15) is 25.5 Å². The number of aryl methyl sites for hydroxylation is 2. The molecule has 1 N–H and O–H groups in total. The van der Waals surface area contributed by atoms with Gasteiger partial charge in [-0.1, -0.05) is 6.92 Å². The third-order valence-electron chi connectivity index (χ3n) is 2.75. The number of hydrogen-bond donors (Lipinski definition) is 1. The molecule has 1 rings (SSSR count). The maximum atomic E-state index is 5.55. The zero-order valence-corrected chi connectivity index (χ0v) is 10.6. The molecule has 1 heterocycles. The highest BCUT2D eigenvalue weighted by Crippen LogP contribution is 2.04. The molecule has 0 fully saturated rings. The first-order chi connectivity index (χ1) is 7.77. The molecule has 0 aliphatic carbocycles. The molecule has 0 saturated heterocycles. The molecule has 4 nitrogen and oxygen atoms in total. The van der Waals surface area contributed by atoms with Crippen LogP contribution in [0.5, 0.6) is 0 Å². The number of hydrogen-bond acceptors (Lipinski definition) is 3. The molecule has 0 amide bonds. The van der Waals surface area contributed by atoms with Crippen LogP contribution in [0, 0.1) is 0 Å². The van der Waals surface area contributed by atoms with E-state index in [4.69, 9.17) is 4.74 Å². The van der Waals surface area contributed by atoms with Crippen molar-refractivity contribution in [1.29, 1.82) is 0 Å². The largest absolute Gasteiger partial charge is 0.380 e. The van der Waals surface area contributed by atoms with E-state index in [-0.39, 0.29) is 0 Å². The molecular weight excluding hydrogens is 202 g/mol. The van der Waals surface area contributed by atoms with Gasteiger partial charge in [-0.15, -0.1) is 0 Å². The fourth-order valence-electron chi connectivity index (χ4n) is 1.65. The average molecular weight is 225 g/mol.